The van der Waals surface area contributed by atoms with E-state index in [9.17, 15) is 0 Å². The Morgan fingerprint density at radius 2 is 2.26 bits per heavy atom. The van der Waals surface area contributed by atoms with Crippen molar-refractivity contribution in [2.24, 2.45) is 0 Å². The summed E-state index contributed by atoms with van der Waals surface area (Å²) in [5.74, 6) is 0. The number of nitrogens with one attached hydrogen (secondary N) is 2. The summed E-state index contributed by atoms with van der Waals surface area (Å²) < 4.78 is 0. The van der Waals surface area contributed by atoms with Crippen molar-refractivity contribution in [3.05, 3.63) is 30.1 Å². The Morgan fingerprint density at radius 1 is 1.42 bits per heavy atom. The molecule has 1 aliphatic heterocycles. The van der Waals surface area contributed by atoms with Crippen molar-refractivity contribution in [3.63, 3.8) is 0 Å². The SMILES string of the molecule is C=C(/C=C\c1cn[nH]n1)CNCCN1CCCCC1. The van der Waals surface area contributed by atoms with E-state index in [0.717, 1.165) is 30.9 Å². The monoisotopic (exact) mass is 261 g/mol. The van der Waals surface area contributed by atoms with Crippen LogP contribution >= 0.6 is 0 Å². The fourth-order valence-electron chi connectivity index (χ4n) is 2.22. The highest BCUT2D eigenvalue weighted by molar-refractivity contribution is 5.47. The Balaban J connectivity index is 1.56. The molecule has 19 heavy (non-hydrogen) atoms. The first-order chi connectivity index (χ1) is 9.34. The molecule has 5 heteroatoms. The van der Waals surface area contributed by atoms with Crippen LogP contribution in [-0.2, 0) is 0 Å². The van der Waals surface area contributed by atoms with E-state index in [1.807, 2.05) is 12.2 Å². The predicted octanol–water partition coefficient (Wildman–Crippen LogP) is 1.45. The summed E-state index contributed by atoms with van der Waals surface area (Å²) in [6.07, 6.45) is 9.69. The predicted molar refractivity (Wildman–Crippen MR) is 77.7 cm³/mol. The maximum Gasteiger partial charge on any atom is 0.105 e. The summed E-state index contributed by atoms with van der Waals surface area (Å²) >= 11 is 0. The minimum absolute atomic E-state index is 0.822. The lowest BCUT2D eigenvalue weighted by atomic mass is 10.1. The van der Waals surface area contributed by atoms with Crippen molar-refractivity contribution in [1.29, 1.82) is 0 Å². The molecule has 2 rings (SSSR count). The Morgan fingerprint density at radius 3 is 3.00 bits per heavy atom. The fraction of sp³-hybridized carbons (Fsp3) is 0.571. The van der Waals surface area contributed by atoms with Gasteiger partial charge in [-0.3, -0.25) is 0 Å². The number of piperidine rings is 1. The summed E-state index contributed by atoms with van der Waals surface area (Å²) in [7, 11) is 0. The van der Waals surface area contributed by atoms with E-state index in [1.54, 1.807) is 6.20 Å². The van der Waals surface area contributed by atoms with Crippen LogP contribution in [0.5, 0.6) is 0 Å². The highest BCUT2D eigenvalue weighted by Gasteiger charge is 2.08. The molecule has 1 aromatic heterocycles. The zero-order valence-corrected chi connectivity index (χ0v) is 11.4. The molecule has 0 aromatic carbocycles. The highest BCUT2D eigenvalue weighted by atomic mass is 15.3. The Kier molecular flexibility index (Phi) is 5.78. The average Bonchev–Trinajstić information content (AvgIpc) is 2.96. The summed E-state index contributed by atoms with van der Waals surface area (Å²) in [4.78, 5) is 2.53. The molecule has 1 aliphatic rings. The van der Waals surface area contributed by atoms with Crippen LogP contribution in [0.1, 0.15) is 25.0 Å². The van der Waals surface area contributed by atoms with Gasteiger partial charge in [0.15, 0.2) is 0 Å². The molecular formula is C14H23N5. The topological polar surface area (TPSA) is 56.8 Å². The lowest BCUT2D eigenvalue weighted by Gasteiger charge is -2.26. The van der Waals surface area contributed by atoms with E-state index in [0.29, 0.717) is 0 Å². The van der Waals surface area contributed by atoms with Gasteiger partial charge < -0.3 is 10.2 Å². The lowest BCUT2D eigenvalue weighted by molar-refractivity contribution is 0.230. The molecule has 0 atom stereocenters. The van der Waals surface area contributed by atoms with Crippen LogP contribution in [0.3, 0.4) is 0 Å². The quantitative estimate of drug-likeness (QED) is 0.576. The molecule has 0 radical (unpaired) electrons. The number of aromatic nitrogens is 3. The first-order valence-electron chi connectivity index (χ1n) is 6.99. The molecule has 104 valence electrons. The molecule has 0 spiro atoms. The second-order valence-corrected chi connectivity index (χ2v) is 4.97. The molecular weight excluding hydrogens is 238 g/mol. The zero-order valence-electron chi connectivity index (χ0n) is 11.4. The van der Waals surface area contributed by atoms with Crippen LogP contribution in [0.2, 0.25) is 0 Å². The summed E-state index contributed by atoms with van der Waals surface area (Å²) in [5.41, 5.74) is 1.89. The molecule has 2 heterocycles. The third kappa shape index (κ3) is 5.36. The molecule has 1 aromatic rings. The highest BCUT2D eigenvalue weighted by Crippen LogP contribution is 2.07. The number of likely N-dealkylation sites (tertiary alicyclic amines) is 1. The minimum atomic E-state index is 0.822. The Hall–Kier alpha value is -1.46. The molecule has 0 aliphatic carbocycles. The molecule has 0 amide bonds. The van der Waals surface area contributed by atoms with E-state index in [-0.39, 0.29) is 0 Å². The van der Waals surface area contributed by atoms with Gasteiger partial charge in [-0.15, -0.1) is 0 Å². The zero-order chi connectivity index (χ0) is 13.3. The Bertz CT molecular complexity index is 390. The normalized spacial score (nSPS) is 17.1. The average molecular weight is 261 g/mol. The van der Waals surface area contributed by atoms with Crippen molar-refractivity contribution < 1.29 is 0 Å². The first kappa shape index (κ1) is 14.0. The van der Waals surface area contributed by atoms with Crippen molar-refractivity contribution in [2.45, 2.75) is 19.3 Å². The van der Waals surface area contributed by atoms with Crippen LogP contribution in [-0.4, -0.2) is 53.0 Å². The van der Waals surface area contributed by atoms with Gasteiger partial charge in [-0.2, -0.15) is 15.4 Å². The number of nitrogens with zero attached hydrogens (tertiary/aromatic N) is 3. The van der Waals surface area contributed by atoms with Crippen LogP contribution in [0, 0.1) is 0 Å². The lowest BCUT2D eigenvalue weighted by Crippen LogP contribution is -2.36. The molecule has 1 fully saturated rings. The largest absolute Gasteiger partial charge is 0.311 e. The summed E-state index contributed by atoms with van der Waals surface area (Å²) in [6.45, 7) is 9.52. The number of H-pyrrole nitrogens is 1. The van der Waals surface area contributed by atoms with E-state index in [2.05, 4.69) is 32.2 Å². The van der Waals surface area contributed by atoms with Crippen molar-refractivity contribution in [3.8, 4) is 0 Å². The van der Waals surface area contributed by atoms with Gasteiger partial charge >= 0.3 is 0 Å². The van der Waals surface area contributed by atoms with Gasteiger partial charge in [-0.05, 0) is 37.6 Å². The minimum Gasteiger partial charge on any atom is -0.311 e. The van der Waals surface area contributed by atoms with Crippen molar-refractivity contribution in [1.82, 2.24) is 25.6 Å². The molecule has 5 nitrogen and oxygen atoms in total. The molecule has 1 saturated heterocycles. The smallest absolute Gasteiger partial charge is 0.105 e. The van der Waals surface area contributed by atoms with Crippen LogP contribution in [0.4, 0.5) is 0 Å². The maximum atomic E-state index is 4.02. The second kappa shape index (κ2) is 7.86. The van der Waals surface area contributed by atoms with Crippen molar-refractivity contribution >= 4 is 6.08 Å². The fourth-order valence-corrected chi connectivity index (χ4v) is 2.22. The molecule has 0 bridgehead atoms. The van der Waals surface area contributed by atoms with Crippen LogP contribution in [0.25, 0.3) is 6.08 Å². The standard InChI is InChI=1S/C14H23N5/c1-13(5-6-14-12-16-18-17-14)11-15-7-10-19-8-3-2-4-9-19/h5-6,12,15H,1-4,7-11H2,(H,16,17,18)/b6-5-. The maximum absolute atomic E-state index is 4.02. The van der Waals surface area contributed by atoms with Gasteiger partial charge in [0.2, 0.25) is 0 Å². The molecule has 0 unspecified atom stereocenters. The van der Waals surface area contributed by atoms with Crippen molar-refractivity contribution in [2.75, 3.05) is 32.7 Å². The summed E-state index contributed by atoms with van der Waals surface area (Å²) in [6, 6.07) is 0. The van der Waals surface area contributed by atoms with Gasteiger partial charge in [0.05, 0.1) is 6.20 Å². The van der Waals surface area contributed by atoms with Gasteiger partial charge in [0.25, 0.3) is 0 Å². The van der Waals surface area contributed by atoms with Crippen LogP contribution < -0.4 is 5.32 Å². The van der Waals surface area contributed by atoms with Gasteiger partial charge in [0.1, 0.15) is 5.69 Å². The van der Waals surface area contributed by atoms with Gasteiger partial charge in [0, 0.05) is 19.6 Å². The third-order valence-electron chi connectivity index (χ3n) is 3.33. The number of aromatic amines is 1. The third-order valence-corrected chi connectivity index (χ3v) is 3.33. The number of rotatable bonds is 7. The second-order valence-electron chi connectivity index (χ2n) is 4.97. The number of hydrogen-bond acceptors (Lipinski definition) is 4. The van der Waals surface area contributed by atoms with Gasteiger partial charge in [-0.1, -0.05) is 19.1 Å². The summed E-state index contributed by atoms with van der Waals surface area (Å²) in [5, 5.41) is 13.7. The Labute approximate surface area is 114 Å². The van der Waals surface area contributed by atoms with Crippen LogP contribution in [0.15, 0.2) is 24.4 Å². The molecule has 2 N–H and O–H groups in total. The van der Waals surface area contributed by atoms with Gasteiger partial charge in [-0.25, -0.2) is 0 Å². The van der Waals surface area contributed by atoms with E-state index < -0.39 is 0 Å². The van der Waals surface area contributed by atoms with E-state index in [4.69, 9.17) is 0 Å². The van der Waals surface area contributed by atoms with E-state index in [1.165, 1.54) is 32.4 Å². The number of hydrogen-bond donors (Lipinski definition) is 2. The first-order valence-corrected chi connectivity index (χ1v) is 6.99. The molecule has 0 saturated carbocycles. The van der Waals surface area contributed by atoms with E-state index >= 15 is 0 Å².